The van der Waals surface area contributed by atoms with Crippen LogP contribution in [-0.4, -0.2) is 24.8 Å². The smallest absolute Gasteiger partial charge is 0.264 e. The van der Waals surface area contributed by atoms with E-state index in [9.17, 15) is 4.79 Å². The number of aliphatic imine (C=N–C) groups is 1. The lowest BCUT2D eigenvalue weighted by atomic mass is 10.2. The lowest BCUT2D eigenvalue weighted by molar-refractivity contribution is -0.115. The SMILES string of the molecule is CCOc1c(Br)cc(C=C2SC(=Nc3ccccc3C)NC2=O)cc1OC. The van der Waals surface area contributed by atoms with Gasteiger partial charge >= 0.3 is 0 Å². The third-order valence-electron chi connectivity index (χ3n) is 3.83. The topological polar surface area (TPSA) is 59.9 Å². The summed E-state index contributed by atoms with van der Waals surface area (Å²) in [7, 11) is 1.59. The van der Waals surface area contributed by atoms with Crippen molar-refractivity contribution in [3.63, 3.8) is 0 Å². The van der Waals surface area contributed by atoms with Crippen molar-refractivity contribution in [2.45, 2.75) is 13.8 Å². The average Bonchev–Trinajstić information content (AvgIpc) is 2.98. The Morgan fingerprint density at radius 2 is 2.07 bits per heavy atom. The molecule has 5 nitrogen and oxygen atoms in total. The zero-order valence-electron chi connectivity index (χ0n) is 15.2. The second-order valence-corrected chi connectivity index (χ2v) is 7.62. The molecule has 1 aliphatic rings. The molecule has 0 aliphatic carbocycles. The fourth-order valence-electron chi connectivity index (χ4n) is 2.54. The van der Waals surface area contributed by atoms with E-state index in [0.29, 0.717) is 28.2 Å². The summed E-state index contributed by atoms with van der Waals surface area (Å²) < 4.78 is 11.8. The fourth-order valence-corrected chi connectivity index (χ4v) is 3.95. The van der Waals surface area contributed by atoms with E-state index in [1.165, 1.54) is 11.8 Å². The van der Waals surface area contributed by atoms with Crippen molar-refractivity contribution < 1.29 is 14.3 Å². The lowest BCUT2D eigenvalue weighted by Crippen LogP contribution is -2.19. The summed E-state index contributed by atoms with van der Waals surface area (Å²) in [5.41, 5.74) is 2.72. The Labute approximate surface area is 171 Å². The van der Waals surface area contributed by atoms with Crippen molar-refractivity contribution in [3.8, 4) is 11.5 Å². The molecule has 1 aliphatic heterocycles. The Hall–Kier alpha value is -2.25. The van der Waals surface area contributed by atoms with Crippen LogP contribution in [0.25, 0.3) is 6.08 Å². The molecule has 2 aromatic rings. The minimum absolute atomic E-state index is 0.170. The second-order valence-electron chi connectivity index (χ2n) is 5.74. The van der Waals surface area contributed by atoms with Gasteiger partial charge in [0.2, 0.25) is 0 Å². The molecule has 1 N–H and O–H groups in total. The fraction of sp³-hybridized carbons (Fsp3) is 0.200. The van der Waals surface area contributed by atoms with E-state index in [1.54, 1.807) is 7.11 Å². The van der Waals surface area contributed by atoms with Gasteiger partial charge in [0.25, 0.3) is 5.91 Å². The van der Waals surface area contributed by atoms with Gasteiger partial charge in [0.05, 0.1) is 28.8 Å². The molecule has 0 atom stereocenters. The normalized spacial score (nSPS) is 16.7. The lowest BCUT2D eigenvalue weighted by Gasteiger charge is -2.12. The number of amidine groups is 1. The van der Waals surface area contributed by atoms with E-state index in [0.717, 1.165) is 21.3 Å². The Bertz CT molecular complexity index is 941. The zero-order chi connectivity index (χ0) is 19.4. The van der Waals surface area contributed by atoms with Crippen molar-refractivity contribution >= 4 is 50.5 Å². The van der Waals surface area contributed by atoms with Crippen LogP contribution in [0, 0.1) is 6.92 Å². The third-order valence-corrected chi connectivity index (χ3v) is 5.33. The minimum atomic E-state index is -0.170. The molecule has 1 amide bonds. The summed E-state index contributed by atoms with van der Waals surface area (Å²) in [4.78, 5) is 17.4. The van der Waals surface area contributed by atoms with E-state index < -0.39 is 0 Å². The summed E-state index contributed by atoms with van der Waals surface area (Å²) in [6.07, 6.45) is 1.81. The number of hydrogen-bond acceptors (Lipinski definition) is 5. The molecule has 7 heteroatoms. The van der Waals surface area contributed by atoms with Crippen LogP contribution < -0.4 is 14.8 Å². The average molecular weight is 447 g/mol. The van der Waals surface area contributed by atoms with Gasteiger partial charge in [-0.1, -0.05) is 18.2 Å². The monoisotopic (exact) mass is 446 g/mol. The van der Waals surface area contributed by atoms with Gasteiger partial charge in [-0.2, -0.15) is 0 Å². The Kier molecular flexibility index (Phi) is 6.23. The summed E-state index contributed by atoms with van der Waals surface area (Å²) in [5, 5.41) is 3.38. The van der Waals surface area contributed by atoms with Crippen molar-refractivity contribution in [1.29, 1.82) is 0 Å². The van der Waals surface area contributed by atoms with Gasteiger partial charge in [-0.25, -0.2) is 4.99 Å². The molecule has 0 unspecified atom stereocenters. The first-order valence-electron chi connectivity index (χ1n) is 8.37. The molecule has 140 valence electrons. The van der Waals surface area contributed by atoms with Gasteiger partial charge in [-0.15, -0.1) is 0 Å². The molecule has 0 radical (unpaired) electrons. The van der Waals surface area contributed by atoms with E-state index in [-0.39, 0.29) is 5.91 Å². The molecule has 2 aromatic carbocycles. The van der Waals surface area contributed by atoms with E-state index in [2.05, 4.69) is 26.2 Å². The number of nitrogens with one attached hydrogen (secondary N) is 1. The maximum absolute atomic E-state index is 12.3. The maximum atomic E-state index is 12.3. The Morgan fingerprint density at radius 1 is 1.30 bits per heavy atom. The summed E-state index contributed by atoms with van der Waals surface area (Å²) in [6, 6.07) is 11.5. The number of thioether (sulfide) groups is 1. The van der Waals surface area contributed by atoms with Gasteiger partial charge < -0.3 is 14.8 Å². The number of rotatable bonds is 5. The molecule has 1 heterocycles. The standard InChI is InChI=1S/C20H19BrN2O3S/c1-4-26-18-14(21)9-13(10-16(18)25-3)11-17-19(24)23-20(27-17)22-15-8-6-5-7-12(15)2/h5-11H,4H2,1-3H3,(H,22,23,24). The number of para-hydroxylation sites is 1. The Balaban J connectivity index is 1.89. The van der Waals surface area contributed by atoms with Crippen molar-refractivity contribution in [2.75, 3.05) is 13.7 Å². The number of carbonyl (C=O) groups excluding carboxylic acids is 1. The predicted octanol–water partition coefficient (Wildman–Crippen LogP) is 5.06. The molecular weight excluding hydrogens is 428 g/mol. The Morgan fingerprint density at radius 3 is 2.78 bits per heavy atom. The number of amides is 1. The zero-order valence-corrected chi connectivity index (χ0v) is 17.6. The first-order chi connectivity index (χ1) is 13.0. The predicted molar refractivity (Wildman–Crippen MR) is 114 cm³/mol. The summed E-state index contributed by atoms with van der Waals surface area (Å²) >= 11 is 4.82. The number of methoxy groups -OCH3 is 1. The van der Waals surface area contributed by atoms with Crippen LogP contribution in [0.4, 0.5) is 5.69 Å². The van der Waals surface area contributed by atoms with Crippen LogP contribution in [0.5, 0.6) is 11.5 Å². The highest BCUT2D eigenvalue weighted by Crippen LogP contribution is 2.38. The van der Waals surface area contributed by atoms with Gasteiger partial charge in [-0.05, 0) is 76.9 Å². The van der Waals surface area contributed by atoms with Crippen LogP contribution in [0.3, 0.4) is 0 Å². The molecule has 1 fully saturated rings. The summed E-state index contributed by atoms with van der Waals surface area (Å²) in [5.74, 6) is 1.08. The molecular formula is C20H19BrN2O3S. The quantitative estimate of drug-likeness (QED) is 0.652. The highest BCUT2D eigenvalue weighted by atomic mass is 79.9. The highest BCUT2D eigenvalue weighted by molar-refractivity contribution is 9.10. The largest absolute Gasteiger partial charge is 0.493 e. The third kappa shape index (κ3) is 4.54. The molecule has 3 rings (SSSR count). The van der Waals surface area contributed by atoms with Gasteiger partial charge in [-0.3, -0.25) is 4.79 Å². The number of carbonyl (C=O) groups is 1. The van der Waals surface area contributed by atoms with Crippen LogP contribution in [-0.2, 0) is 4.79 Å². The first-order valence-corrected chi connectivity index (χ1v) is 9.98. The van der Waals surface area contributed by atoms with E-state index >= 15 is 0 Å². The van der Waals surface area contributed by atoms with E-state index in [4.69, 9.17) is 9.47 Å². The van der Waals surface area contributed by atoms with Crippen LogP contribution in [0.2, 0.25) is 0 Å². The minimum Gasteiger partial charge on any atom is -0.493 e. The molecule has 1 saturated heterocycles. The number of hydrogen-bond donors (Lipinski definition) is 1. The second kappa shape index (κ2) is 8.63. The first kappa shape index (κ1) is 19.5. The molecule has 0 spiro atoms. The maximum Gasteiger partial charge on any atom is 0.264 e. The van der Waals surface area contributed by atoms with Gasteiger partial charge in [0.15, 0.2) is 16.7 Å². The number of halogens is 1. The number of benzene rings is 2. The van der Waals surface area contributed by atoms with Crippen molar-refractivity contribution in [2.24, 2.45) is 4.99 Å². The van der Waals surface area contributed by atoms with Crippen LogP contribution in [0.15, 0.2) is 50.8 Å². The number of ether oxygens (including phenoxy) is 2. The highest BCUT2D eigenvalue weighted by Gasteiger charge is 2.24. The summed E-state index contributed by atoms with van der Waals surface area (Å²) in [6.45, 7) is 4.43. The van der Waals surface area contributed by atoms with Gasteiger partial charge in [0.1, 0.15) is 0 Å². The number of nitrogens with zero attached hydrogens (tertiary/aromatic N) is 1. The number of aryl methyl sites for hydroxylation is 1. The van der Waals surface area contributed by atoms with Crippen LogP contribution >= 0.6 is 27.7 Å². The molecule has 0 aromatic heterocycles. The van der Waals surface area contributed by atoms with Crippen molar-refractivity contribution in [3.05, 3.63) is 56.9 Å². The molecule has 0 bridgehead atoms. The van der Waals surface area contributed by atoms with Crippen LogP contribution in [0.1, 0.15) is 18.1 Å². The van der Waals surface area contributed by atoms with E-state index in [1.807, 2.05) is 56.3 Å². The molecule has 0 saturated carbocycles. The van der Waals surface area contributed by atoms with Crippen molar-refractivity contribution in [1.82, 2.24) is 5.32 Å². The molecule has 27 heavy (non-hydrogen) atoms. The van der Waals surface area contributed by atoms with Gasteiger partial charge in [0, 0.05) is 0 Å².